The lowest BCUT2D eigenvalue weighted by Crippen LogP contribution is -2.01. The lowest BCUT2D eigenvalue weighted by atomic mass is 9.99. The van der Waals surface area contributed by atoms with Gasteiger partial charge in [-0.15, -0.1) is 0 Å². The van der Waals surface area contributed by atoms with Gasteiger partial charge in [-0.05, 0) is 35.9 Å². The Morgan fingerprint density at radius 1 is 1.00 bits per heavy atom. The minimum Gasteiger partial charge on any atom is -0.256 e. The summed E-state index contributed by atoms with van der Waals surface area (Å²) in [5, 5.41) is 0.572. The molecule has 0 unspecified atom stereocenters. The molecule has 3 nitrogen and oxygen atoms in total. The molecule has 3 aromatic rings. The van der Waals surface area contributed by atoms with Crippen molar-refractivity contribution in [1.82, 2.24) is 4.98 Å². The van der Waals surface area contributed by atoms with Crippen LogP contribution in [0.5, 0.6) is 0 Å². The van der Waals surface area contributed by atoms with E-state index in [1.807, 2.05) is 12.1 Å². The topological polar surface area (TPSA) is 47.0 Å². The summed E-state index contributed by atoms with van der Waals surface area (Å²) in [5.74, 6) is -0.782. The van der Waals surface area contributed by atoms with Gasteiger partial charge in [0.15, 0.2) is 9.84 Å². The fourth-order valence-electron chi connectivity index (χ4n) is 2.47. The van der Waals surface area contributed by atoms with Gasteiger partial charge in [0.1, 0.15) is 10.7 Å². The van der Waals surface area contributed by atoms with E-state index in [-0.39, 0.29) is 4.90 Å². The van der Waals surface area contributed by atoms with Crippen molar-refractivity contribution in [2.45, 2.75) is 4.90 Å². The molecule has 3 rings (SSSR count). The van der Waals surface area contributed by atoms with Crippen LogP contribution in [0.2, 0.25) is 5.02 Å². The second-order valence-corrected chi connectivity index (χ2v) is 7.75. The maximum Gasteiger partial charge on any atom is 0.178 e. The molecular formula is C18H13ClFNO2S. The minimum absolute atomic E-state index is 0.320. The quantitative estimate of drug-likeness (QED) is 0.684. The summed E-state index contributed by atoms with van der Waals surface area (Å²) < 4.78 is 37.3. The number of aromatic nitrogens is 1. The highest BCUT2D eigenvalue weighted by Gasteiger charge is 2.16. The Kier molecular flexibility index (Phi) is 4.39. The molecule has 1 heterocycles. The van der Waals surface area contributed by atoms with E-state index in [4.69, 9.17) is 11.6 Å². The van der Waals surface area contributed by atoms with Crippen molar-refractivity contribution >= 4 is 21.4 Å². The van der Waals surface area contributed by atoms with Gasteiger partial charge >= 0.3 is 0 Å². The molecule has 122 valence electrons. The van der Waals surface area contributed by atoms with E-state index in [1.54, 1.807) is 36.5 Å². The Labute approximate surface area is 144 Å². The van der Waals surface area contributed by atoms with E-state index in [0.717, 1.165) is 11.8 Å². The zero-order valence-corrected chi connectivity index (χ0v) is 14.3. The lowest BCUT2D eigenvalue weighted by Gasteiger charge is -2.10. The maximum absolute atomic E-state index is 14.2. The SMILES string of the molecule is CS(=O)(=O)c1ccc(-c2cccnc2-c2cccc(Cl)c2)cc1F. The standard InChI is InChI=1S/C18H13ClFNO2S/c1-24(22,23)17-8-7-12(11-16(17)20)15-6-3-9-21-18(15)13-4-2-5-14(19)10-13/h2-11H,1H3. The minimum atomic E-state index is -3.61. The van der Waals surface area contributed by atoms with Crippen LogP contribution in [0.25, 0.3) is 22.4 Å². The fraction of sp³-hybridized carbons (Fsp3) is 0.0556. The van der Waals surface area contributed by atoms with Crippen LogP contribution in [0.1, 0.15) is 0 Å². The molecule has 0 saturated heterocycles. The van der Waals surface area contributed by atoms with Crippen molar-refractivity contribution < 1.29 is 12.8 Å². The normalized spacial score (nSPS) is 11.5. The Bertz CT molecular complexity index is 1020. The van der Waals surface area contributed by atoms with Gasteiger partial charge in [0.25, 0.3) is 0 Å². The van der Waals surface area contributed by atoms with E-state index in [2.05, 4.69) is 4.98 Å². The largest absolute Gasteiger partial charge is 0.256 e. The second-order valence-electron chi connectivity index (χ2n) is 5.33. The first-order valence-electron chi connectivity index (χ1n) is 7.07. The van der Waals surface area contributed by atoms with Crippen molar-refractivity contribution in [3.63, 3.8) is 0 Å². The molecular weight excluding hydrogens is 349 g/mol. The Balaban J connectivity index is 2.16. The summed E-state index contributed by atoms with van der Waals surface area (Å²) in [6.07, 6.45) is 2.62. The highest BCUT2D eigenvalue weighted by atomic mass is 35.5. The molecule has 0 aliphatic rings. The third-order valence-electron chi connectivity index (χ3n) is 3.55. The third kappa shape index (κ3) is 3.32. The Morgan fingerprint density at radius 3 is 2.46 bits per heavy atom. The van der Waals surface area contributed by atoms with Crippen LogP contribution in [0.4, 0.5) is 4.39 Å². The van der Waals surface area contributed by atoms with E-state index in [0.29, 0.717) is 21.8 Å². The van der Waals surface area contributed by atoms with Crippen molar-refractivity contribution in [3.05, 3.63) is 71.6 Å². The Morgan fingerprint density at radius 2 is 1.79 bits per heavy atom. The summed E-state index contributed by atoms with van der Waals surface area (Å²) in [6, 6.07) is 14.8. The van der Waals surface area contributed by atoms with E-state index < -0.39 is 15.7 Å². The first-order valence-corrected chi connectivity index (χ1v) is 9.34. The molecule has 1 aromatic heterocycles. The summed E-state index contributed by atoms with van der Waals surface area (Å²) in [6.45, 7) is 0. The molecule has 0 aliphatic carbocycles. The summed E-state index contributed by atoms with van der Waals surface area (Å²) in [4.78, 5) is 4.05. The predicted octanol–water partition coefficient (Wildman–Crippen LogP) is 4.61. The zero-order chi connectivity index (χ0) is 17.3. The molecule has 6 heteroatoms. The number of benzene rings is 2. The van der Waals surface area contributed by atoms with Crippen molar-refractivity contribution in [1.29, 1.82) is 0 Å². The maximum atomic E-state index is 14.2. The molecule has 0 fully saturated rings. The van der Waals surface area contributed by atoms with Gasteiger partial charge < -0.3 is 0 Å². The molecule has 0 bridgehead atoms. The van der Waals surface area contributed by atoms with Crippen LogP contribution in [-0.2, 0) is 9.84 Å². The number of hydrogen-bond acceptors (Lipinski definition) is 3. The van der Waals surface area contributed by atoms with Crippen LogP contribution in [-0.4, -0.2) is 19.7 Å². The molecule has 0 aliphatic heterocycles. The van der Waals surface area contributed by atoms with E-state index in [1.165, 1.54) is 12.1 Å². The molecule has 0 N–H and O–H groups in total. The van der Waals surface area contributed by atoms with Crippen LogP contribution < -0.4 is 0 Å². The monoisotopic (exact) mass is 361 g/mol. The fourth-order valence-corrected chi connectivity index (χ4v) is 3.39. The van der Waals surface area contributed by atoms with Crippen LogP contribution >= 0.6 is 11.6 Å². The lowest BCUT2D eigenvalue weighted by molar-refractivity contribution is 0.571. The smallest absolute Gasteiger partial charge is 0.178 e. The van der Waals surface area contributed by atoms with E-state index in [9.17, 15) is 12.8 Å². The second kappa shape index (κ2) is 6.34. The summed E-state index contributed by atoms with van der Waals surface area (Å²) >= 11 is 6.03. The van der Waals surface area contributed by atoms with Gasteiger partial charge in [0.05, 0.1) is 5.69 Å². The summed E-state index contributed by atoms with van der Waals surface area (Å²) in [5.41, 5.74) is 2.68. The molecule has 2 aromatic carbocycles. The average molecular weight is 362 g/mol. The van der Waals surface area contributed by atoms with E-state index >= 15 is 0 Å². The number of halogens is 2. The number of nitrogens with zero attached hydrogens (tertiary/aromatic N) is 1. The molecule has 0 radical (unpaired) electrons. The van der Waals surface area contributed by atoms with Gasteiger partial charge in [0.2, 0.25) is 0 Å². The average Bonchev–Trinajstić information content (AvgIpc) is 2.53. The highest BCUT2D eigenvalue weighted by Crippen LogP contribution is 2.32. The van der Waals surface area contributed by atoms with Gasteiger partial charge in [0, 0.05) is 28.6 Å². The van der Waals surface area contributed by atoms with Gasteiger partial charge in [-0.1, -0.05) is 35.9 Å². The highest BCUT2D eigenvalue weighted by molar-refractivity contribution is 7.90. The molecule has 0 amide bonds. The molecule has 0 spiro atoms. The predicted molar refractivity (Wildman–Crippen MR) is 93.2 cm³/mol. The molecule has 0 atom stereocenters. The first-order chi connectivity index (χ1) is 11.4. The van der Waals surface area contributed by atoms with Crippen molar-refractivity contribution in [2.24, 2.45) is 0 Å². The number of pyridine rings is 1. The number of rotatable bonds is 3. The third-order valence-corrected chi connectivity index (χ3v) is 4.91. The Hall–Kier alpha value is -2.24. The summed E-state index contributed by atoms with van der Waals surface area (Å²) in [7, 11) is -3.61. The van der Waals surface area contributed by atoms with Gasteiger partial charge in [-0.25, -0.2) is 12.8 Å². The van der Waals surface area contributed by atoms with Crippen LogP contribution in [0.3, 0.4) is 0 Å². The number of sulfone groups is 1. The number of hydrogen-bond donors (Lipinski definition) is 0. The van der Waals surface area contributed by atoms with Crippen molar-refractivity contribution in [3.8, 4) is 22.4 Å². The molecule has 0 saturated carbocycles. The first kappa shape index (κ1) is 16.6. The molecule has 24 heavy (non-hydrogen) atoms. The van der Waals surface area contributed by atoms with Gasteiger partial charge in [-0.2, -0.15) is 0 Å². The van der Waals surface area contributed by atoms with Crippen LogP contribution in [0.15, 0.2) is 65.7 Å². The van der Waals surface area contributed by atoms with Gasteiger partial charge in [-0.3, -0.25) is 4.98 Å². The van der Waals surface area contributed by atoms with Crippen molar-refractivity contribution in [2.75, 3.05) is 6.26 Å². The zero-order valence-electron chi connectivity index (χ0n) is 12.7. The van der Waals surface area contributed by atoms with Crippen LogP contribution in [0, 0.1) is 5.82 Å².